The highest BCUT2D eigenvalue weighted by atomic mass is 32.1. The molecule has 2 aromatic rings. The van der Waals surface area contributed by atoms with E-state index in [9.17, 15) is 9.18 Å². The van der Waals surface area contributed by atoms with Crippen LogP contribution in [0.15, 0.2) is 18.2 Å². The summed E-state index contributed by atoms with van der Waals surface area (Å²) >= 11 is 1.40. The number of benzene rings is 1. The van der Waals surface area contributed by atoms with Crippen LogP contribution in [0.3, 0.4) is 0 Å². The number of hydrogen-bond donors (Lipinski definition) is 0. The zero-order chi connectivity index (χ0) is 13.3. The Hall–Kier alpha value is -1.75. The number of halogens is 1. The van der Waals surface area contributed by atoms with Gasteiger partial charge >= 0.3 is 5.97 Å². The fraction of sp³-hybridized carbons (Fsp3) is 0.231. The molecule has 1 aromatic carbocycles. The van der Waals surface area contributed by atoms with Crippen LogP contribution >= 0.6 is 11.3 Å². The normalized spacial score (nSPS) is 10.4. The van der Waals surface area contributed by atoms with Crippen molar-refractivity contribution in [1.29, 1.82) is 0 Å². The number of thiazole rings is 1. The first-order chi connectivity index (χ1) is 8.52. The molecule has 0 saturated heterocycles. The average Bonchev–Trinajstić information content (AvgIpc) is 2.70. The highest BCUT2D eigenvalue weighted by molar-refractivity contribution is 7.15. The van der Waals surface area contributed by atoms with Gasteiger partial charge in [0.2, 0.25) is 0 Å². The molecule has 0 spiro atoms. The van der Waals surface area contributed by atoms with Crippen molar-refractivity contribution in [3.63, 3.8) is 0 Å². The topological polar surface area (TPSA) is 39.2 Å². The van der Waals surface area contributed by atoms with E-state index < -0.39 is 5.97 Å². The lowest BCUT2D eigenvalue weighted by Gasteiger charge is -2.01. The van der Waals surface area contributed by atoms with Gasteiger partial charge in [-0.25, -0.2) is 14.2 Å². The lowest BCUT2D eigenvalue weighted by molar-refractivity contribution is 0.0594. The monoisotopic (exact) mass is 265 g/mol. The van der Waals surface area contributed by atoms with Gasteiger partial charge in [-0.15, -0.1) is 11.3 Å². The number of carbonyl (C=O) groups is 1. The van der Waals surface area contributed by atoms with Crippen molar-refractivity contribution < 1.29 is 13.9 Å². The number of methoxy groups -OCH3 is 1. The number of nitrogens with zero attached hydrogens (tertiary/aromatic N) is 1. The van der Waals surface area contributed by atoms with Gasteiger partial charge in [-0.3, -0.25) is 0 Å². The van der Waals surface area contributed by atoms with Gasteiger partial charge in [0, 0.05) is 10.4 Å². The molecule has 0 atom stereocenters. The first-order valence-electron chi connectivity index (χ1n) is 5.35. The number of aryl methyl sites for hydroxylation is 2. The zero-order valence-corrected chi connectivity index (χ0v) is 11.1. The molecule has 2 rings (SSSR count). The minimum atomic E-state index is -0.449. The smallest absolute Gasteiger partial charge is 0.357 e. The van der Waals surface area contributed by atoms with Crippen LogP contribution in [-0.4, -0.2) is 18.1 Å². The van der Waals surface area contributed by atoms with E-state index in [2.05, 4.69) is 9.72 Å². The molecule has 0 amide bonds. The number of esters is 1. The SMILES string of the molecule is COC(=O)c1nc(-c2ccc(F)cc2C)sc1C. The minimum absolute atomic E-state index is 0.280. The molecule has 0 aliphatic heterocycles. The molecule has 0 aliphatic carbocycles. The summed E-state index contributed by atoms with van der Waals surface area (Å²) in [5.74, 6) is -0.729. The molecule has 0 N–H and O–H groups in total. The van der Waals surface area contributed by atoms with Crippen LogP contribution in [0.1, 0.15) is 20.9 Å². The molecule has 0 radical (unpaired) electrons. The third kappa shape index (κ3) is 2.26. The molecule has 94 valence electrons. The van der Waals surface area contributed by atoms with Gasteiger partial charge in [-0.2, -0.15) is 0 Å². The second-order valence-electron chi connectivity index (χ2n) is 3.87. The molecule has 0 unspecified atom stereocenters. The Morgan fingerprint density at radius 1 is 1.39 bits per heavy atom. The van der Waals surface area contributed by atoms with Gasteiger partial charge in [0.05, 0.1) is 7.11 Å². The van der Waals surface area contributed by atoms with Crippen LogP contribution in [0, 0.1) is 19.7 Å². The lowest BCUT2D eigenvalue weighted by Crippen LogP contribution is -2.03. The largest absolute Gasteiger partial charge is 0.464 e. The fourth-order valence-electron chi connectivity index (χ4n) is 1.66. The van der Waals surface area contributed by atoms with Crippen LogP contribution in [0.5, 0.6) is 0 Å². The van der Waals surface area contributed by atoms with E-state index in [4.69, 9.17) is 0 Å². The predicted octanol–water partition coefficient (Wildman–Crippen LogP) is 3.35. The van der Waals surface area contributed by atoms with Crippen molar-refractivity contribution >= 4 is 17.3 Å². The lowest BCUT2D eigenvalue weighted by atomic mass is 10.1. The maximum atomic E-state index is 13.0. The molecule has 1 heterocycles. The highest BCUT2D eigenvalue weighted by Gasteiger charge is 2.17. The molecule has 18 heavy (non-hydrogen) atoms. The molecule has 0 saturated carbocycles. The molecule has 3 nitrogen and oxygen atoms in total. The Kier molecular flexibility index (Phi) is 3.43. The molecule has 0 aliphatic rings. The number of aromatic nitrogens is 1. The molecule has 0 fully saturated rings. The maximum absolute atomic E-state index is 13.0. The third-order valence-electron chi connectivity index (χ3n) is 2.59. The van der Waals surface area contributed by atoms with Gasteiger partial charge < -0.3 is 4.74 Å². The number of ether oxygens (including phenoxy) is 1. The molecule has 1 aromatic heterocycles. The van der Waals surface area contributed by atoms with Crippen molar-refractivity contribution in [3.8, 4) is 10.6 Å². The van der Waals surface area contributed by atoms with E-state index in [0.29, 0.717) is 10.7 Å². The summed E-state index contributed by atoms with van der Waals surface area (Å²) in [6.07, 6.45) is 0. The van der Waals surface area contributed by atoms with Crippen LogP contribution in [0.4, 0.5) is 4.39 Å². The first-order valence-corrected chi connectivity index (χ1v) is 6.17. The summed E-state index contributed by atoms with van der Waals surface area (Å²) in [5, 5.41) is 0.699. The van der Waals surface area contributed by atoms with Gasteiger partial charge in [0.25, 0.3) is 0 Å². The zero-order valence-electron chi connectivity index (χ0n) is 10.3. The Morgan fingerprint density at radius 2 is 2.11 bits per heavy atom. The second-order valence-corrected chi connectivity index (χ2v) is 5.08. The third-order valence-corrected chi connectivity index (χ3v) is 3.60. The second kappa shape index (κ2) is 4.86. The van der Waals surface area contributed by atoms with Gasteiger partial charge in [-0.05, 0) is 37.6 Å². The van der Waals surface area contributed by atoms with E-state index in [1.807, 2.05) is 13.8 Å². The predicted molar refractivity (Wildman–Crippen MR) is 68.3 cm³/mol. The maximum Gasteiger partial charge on any atom is 0.357 e. The first kappa shape index (κ1) is 12.7. The number of rotatable bonds is 2. The van der Waals surface area contributed by atoms with Crippen molar-refractivity contribution in [3.05, 3.63) is 40.2 Å². The molecular formula is C13H12FNO2S. The van der Waals surface area contributed by atoms with Gasteiger partial charge in [0.15, 0.2) is 5.69 Å². The van der Waals surface area contributed by atoms with E-state index in [1.54, 1.807) is 6.07 Å². The number of carbonyl (C=O) groups excluding carboxylic acids is 1. The Morgan fingerprint density at radius 3 is 2.72 bits per heavy atom. The Labute approximate surface area is 108 Å². The van der Waals surface area contributed by atoms with Crippen molar-refractivity contribution in [2.45, 2.75) is 13.8 Å². The van der Waals surface area contributed by atoms with E-state index in [0.717, 1.165) is 16.0 Å². The minimum Gasteiger partial charge on any atom is -0.464 e. The van der Waals surface area contributed by atoms with Gasteiger partial charge in [0.1, 0.15) is 10.8 Å². The summed E-state index contributed by atoms with van der Waals surface area (Å²) in [6.45, 7) is 3.62. The van der Waals surface area contributed by atoms with Crippen LogP contribution in [0.25, 0.3) is 10.6 Å². The average molecular weight is 265 g/mol. The Balaban J connectivity index is 2.49. The van der Waals surface area contributed by atoms with E-state index in [1.165, 1.54) is 30.6 Å². The Bertz CT molecular complexity index is 607. The van der Waals surface area contributed by atoms with E-state index in [-0.39, 0.29) is 5.82 Å². The van der Waals surface area contributed by atoms with Crippen LogP contribution < -0.4 is 0 Å². The van der Waals surface area contributed by atoms with Crippen molar-refractivity contribution in [1.82, 2.24) is 4.98 Å². The van der Waals surface area contributed by atoms with Crippen molar-refractivity contribution in [2.24, 2.45) is 0 Å². The summed E-state index contributed by atoms with van der Waals surface area (Å²) in [7, 11) is 1.32. The van der Waals surface area contributed by atoms with E-state index >= 15 is 0 Å². The highest BCUT2D eigenvalue weighted by Crippen LogP contribution is 2.30. The molecule has 5 heteroatoms. The standard InChI is InChI=1S/C13H12FNO2S/c1-7-6-9(14)4-5-10(7)12-15-11(8(2)18-12)13(16)17-3/h4-6H,1-3H3. The summed E-state index contributed by atoms with van der Waals surface area (Å²) in [6, 6.07) is 4.50. The molecular weight excluding hydrogens is 253 g/mol. The fourth-order valence-corrected chi connectivity index (χ4v) is 2.66. The van der Waals surface area contributed by atoms with Gasteiger partial charge in [-0.1, -0.05) is 0 Å². The quantitative estimate of drug-likeness (QED) is 0.782. The molecule has 0 bridgehead atoms. The van der Waals surface area contributed by atoms with Crippen LogP contribution in [0.2, 0.25) is 0 Å². The van der Waals surface area contributed by atoms with Crippen LogP contribution in [-0.2, 0) is 4.74 Å². The summed E-state index contributed by atoms with van der Waals surface area (Å²) < 4.78 is 17.7. The summed E-state index contributed by atoms with van der Waals surface area (Å²) in [4.78, 5) is 16.5. The number of hydrogen-bond acceptors (Lipinski definition) is 4. The summed E-state index contributed by atoms with van der Waals surface area (Å²) in [5.41, 5.74) is 1.95. The van der Waals surface area contributed by atoms with Crippen molar-refractivity contribution in [2.75, 3.05) is 7.11 Å².